The van der Waals surface area contributed by atoms with Gasteiger partial charge in [-0.25, -0.2) is 4.79 Å². The van der Waals surface area contributed by atoms with Gasteiger partial charge in [-0.3, -0.25) is 4.90 Å². The molecule has 4 saturated carbocycles. The fourth-order valence-electron chi connectivity index (χ4n) is 14.5. The van der Waals surface area contributed by atoms with Gasteiger partial charge in [-0.2, -0.15) is 0 Å². The summed E-state index contributed by atoms with van der Waals surface area (Å²) in [5.41, 5.74) is 5.80. The van der Waals surface area contributed by atoms with E-state index in [0.717, 1.165) is 30.7 Å². The molecule has 7 rings (SSSR count). The van der Waals surface area contributed by atoms with E-state index >= 15 is 0 Å². The largest absolute Gasteiger partial charge is 0.456 e. The van der Waals surface area contributed by atoms with Crippen molar-refractivity contribution in [2.24, 2.45) is 56.7 Å². The molecular formula is C48H75N3O2. The van der Waals surface area contributed by atoms with Gasteiger partial charge in [0.2, 0.25) is 0 Å². The zero-order chi connectivity index (χ0) is 38.2. The minimum atomic E-state index is -0.494. The number of nitrogens with one attached hydrogen (secondary N) is 1. The molecule has 6 aliphatic rings. The Morgan fingerprint density at radius 1 is 0.887 bits per heavy atom. The first-order chi connectivity index (χ1) is 24.8. The molecule has 5 heteroatoms. The number of esters is 1. The van der Waals surface area contributed by atoms with Crippen LogP contribution in [-0.2, 0) is 4.74 Å². The minimum Gasteiger partial charge on any atom is -0.456 e. The molecule has 0 amide bonds. The molecule has 1 saturated heterocycles. The van der Waals surface area contributed by atoms with E-state index in [-0.39, 0.29) is 16.8 Å². The lowest BCUT2D eigenvalue weighted by atomic mass is 9.32. The Morgan fingerprint density at radius 2 is 1.58 bits per heavy atom. The van der Waals surface area contributed by atoms with Crippen molar-refractivity contribution < 1.29 is 9.53 Å². The first-order valence-corrected chi connectivity index (χ1v) is 21.7. The number of fused-ring (bicyclic) bond motifs is 7. The molecule has 9 atom stereocenters. The lowest BCUT2D eigenvalue weighted by Gasteiger charge is -2.72. The van der Waals surface area contributed by atoms with Gasteiger partial charge in [0.15, 0.2) is 0 Å². The number of ether oxygens (including phenoxy) is 1. The number of hydrogen-bond donors (Lipinski definition) is 1. The fraction of sp³-hybridized carbons (Fsp3) is 0.771. The zero-order valence-electron chi connectivity index (χ0n) is 35.5. The summed E-state index contributed by atoms with van der Waals surface area (Å²) in [4.78, 5) is 17.9. The van der Waals surface area contributed by atoms with Crippen molar-refractivity contribution in [2.75, 3.05) is 52.9 Å². The molecule has 1 aromatic carbocycles. The van der Waals surface area contributed by atoms with Crippen LogP contribution in [0, 0.1) is 56.7 Å². The summed E-state index contributed by atoms with van der Waals surface area (Å²) in [6.45, 7) is 34.4. The van der Waals surface area contributed by atoms with E-state index in [1.54, 1.807) is 0 Å². The highest BCUT2D eigenvalue weighted by Gasteiger charge is 2.70. The van der Waals surface area contributed by atoms with Gasteiger partial charge in [0.25, 0.3) is 0 Å². The van der Waals surface area contributed by atoms with Gasteiger partial charge in [0.1, 0.15) is 5.60 Å². The summed E-state index contributed by atoms with van der Waals surface area (Å²) >= 11 is 0. The number of carbonyl (C=O) groups excluding carboxylic acids is 1. The van der Waals surface area contributed by atoms with Crippen LogP contribution in [0.4, 0.5) is 0 Å². The fourth-order valence-corrected chi connectivity index (χ4v) is 14.5. The van der Waals surface area contributed by atoms with Crippen molar-refractivity contribution in [3.05, 3.63) is 53.6 Å². The van der Waals surface area contributed by atoms with Crippen molar-refractivity contribution in [3.63, 3.8) is 0 Å². The van der Waals surface area contributed by atoms with Crippen molar-refractivity contribution in [3.8, 4) is 0 Å². The van der Waals surface area contributed by atoms with Crippen LogP contribution in [0.5, 0.6) is 0 Å². The zero-order valence-corrected chi connectivity index (χ0v) is 35.5. The summed E-state index contributed by atoms with van der Waals surface area (Å²) in [7, 11) is 2.25. The Hall–Kier alpha value is -1.95. The Morgan fingerprint density at radius 3 is 2.25 bits per heavy atom. The summed E-state index contributed by atoms with van der Waals surface area (Å²) in [6.07, 6.45) is 14.7. The highest BCUT2D eigenvalue weighted by molar-refractivity contribution is 5.90. The van der Waals surface area contributed by atoms with Gasteiger partial charge < -0.3 is 15.0 Å². The number of nitrogens with zero attached hydrogens (tertiary/aromatic N) is 2. The Kier molecular flexibility index (Phi) is 10.3. The predicted octanol–water partition coefficient (Wildman–Crippen LogP) is 10.1. The average Bonchev–Trinajstić information content (AvgIpc) is 3.47. The second-order valence-corrected chi connectivity index (χ2v) is 21.5. The van der Waals surface area contributed by atoms with E-state index in [1.807, 2.05) is 32.9 Å². The molecule has 1 aliphatic heterocycles. The standard InChI is InChI=1S/C48H75N3O2/c1-33(2)36-18-23-48(32-49-26-27-51-30-28-50(11)29-31-51)25-24-46(9)38(41(36)48)16-17-40-45(8)21-19-37(44(6,7)39(45)20-22-47(40,46)10)34-12-14-35(15-13-34)42(52)53-43(3,4)5/h12-15,19,36,38-41,49H,1,16-18,20-32H2,2-11H3/t36-,38+,39-,40+,41+,45-,46+,47+,48+/m0/s1. The first-order valence-electron chi connectivity index (χ1n) is 21.7. The lowest BCUT2D eigenvalue weighted by molar-refractivity contribution is -0.225. The second-order valence-electron chi connectivity index (χ2n) is 21.5. The van der Waals surface area contributed by atoms with Gasteiger partial charge in [-0.15, -0.1) is 0 Å². The molecule has 1 aromatic rings. The van der Waals surface area contributed by atoms with Crippen LogP contribution in [0.2, 0.25) is 0 Å². The average molecular weight is 726 g/mol. The number of benzene rings is 1. The van der Waals surface area contributed by atoms with Crippen LogP contribution in [0.25, 0.3) is 5.57 Å². The molecule has 1 heterocycles. The molecule has 5 aliphatic carbocycles. The number of likely N-dealkylation sites (N-methyl/N-ethyl adjacent to an activating group) is 1. The van der Waals surface area contributed by atoms with Crippen LogP contribution in [-0.4, -0.2) is 74.2 Å². The smallest absolute Gasteiger partial charge is 0.338 e. The van der Waals surface area contributed by atoms with Gasteiger partial charge in [-0.1, -0.05) is 65.0 Å². The van der Waals surface area contributed by atoms with Crippen molar-refractivity contribution in [1.82, 2.24) is 15.1 Å². The summed E-state index contributed by atoms with van der Waals surface area (Å²) in [5, 5.41) is 4.08. The monoisotopic (exact) mass is 726 g/mol. The third-order valence-electron chi connectivity index (χ3n) is 17.3. The third kappa shape index (κ3) is 6.63. The van der Waals surface area contributed by atoms with Gasteiger partial charge in [0.05, 0.1) is 5.56 Å². The molecule has 0 spiro atoms. The van der Waals surface area contributed by atoms with Gasteiger partial charge in [-0.05, 0) is 172 Å². The maximum atomic E-state index is 12.8. The molecule has 0 aromatic heterocycles. The van der Waals surface area contributed by atoms with E-state index in [0.29, 0.717) is 33.6 Å². The lowest BCUT2D eigenvalue weighted by Crippen LogP contribution is -2.66. The van der Waals surface area contributed by atoms with Crippen molar-refractivity contribution in [1.29, 1.82) is 0 Å². The maximum Gasteiger partial charge on any atom is 0.338 e. The first kappa shape index (κ1) is 39.3. The topological polar surface area (TPSA) is 44.8 Å². The molecule has 1 N–H and O–H groups in total. The van der Waals surface area contributed by atoms with E-state index in [1.165, 1.54) is 107 Å². The normalized spacial score (nSPS) is 40.0. The minimum absolute atomic E-state index is 0.0630. The van der Waals surface area contributed by atoms with E-state index < -0.39 is 5.60 Å². The van der Waals surface area contributed by atoms with Crippen LogP contribution < -0.4 is 5.32 Å². The second kappa shape index (κ2) is 13.9. The SMILES string of the molecule is C=C(C)[C@@H]1CC[C@]2(CNCCN3CCN(C)CC3)CC[C@]3(C)[C@H](CC[C@@H]4[C@@]5(C)CC=C(c6ccc(C(=O)OC(C)(C)C)cc6)C(C)(C)[C@@H]5CC[C@]43C)[C@@H]12. The number of allylic oxidation sites excluding steroid dienone is 3. The third-order valence-corrected chi connectivity index (χ3v) is 17.3. The highest BCUT2D eigenvalue weighted by Crippen LogP contribution is 2.77. The predicted molar refractivity (Wildman–Crippen MR) is 221 cm³/mol. The van der Waals surface area contributed by atoms with Crippen molar-refractivity contribution in [2.45, 2.75) is 126 Å². The number of rotatable bonds is 8. The van der Waals surface area contributed by atoms with Crippen LogP contribution in [0.3, 0.4) is 0 Å². The maximum absolute atomic E-state index is 12.8. The van der Waals surface area contributed by atoms with Crippen LogP contribution in [0.1, 0.15) is 136 Å². The van der Waals surface area contributed by atoms with Crippen LogP contribution in [0.15, 0.2) is 42.5 Å². The summed E-state index contributed by atoms with van der Waals surface area (Å²) in [5.74, 6) is 3.35. The number of piperazine rings is 1. The Bertz CT molecular complexity index is 1560. The molecule has 5 nitrogen and oxygen atoms in total. The molecule has 0 bridgehead atoms. The van der Waals surface area contributed by atoms with Crippen molar-refractivity contribution >= 4 is 11.5 Å². The van der Waals surface area contributed by atoms with E-state index in [9.17, 15) is 4.79 Å². The molecule has 0 unspecified atom stereocenters. The Balaban J connectivity index is 1.11. The summed E-state index contributed by atoms with van der Waals surface area (Å²) in [6, 6.07) is 8.29. The summed E-state index contributed by atoms with van der Waals surface area (Å²) < 4.78 is 5.67. The molecule has 5 fully saturated rings. The van der Waals surface area contributed by atoms with E-state index in [4.69, 9.17) is 4.74 Å². The molecule has 53 heavy (non-hydrogen) atoms. The van der Waals surface area contributed by atoms with Gasteiger partial charge in [0, 0.05) is 45.8 Å². The number of carbonyl (C=O) groups is 1. The molecular weight excluding hydrogens is 651 g/mol. The van der Waals surface area contributed by atoms with Gasteiger partial charge >= 0.3 is 5.97 Å². The quantitative estimate of drug-likeness (QED) is 0.164. The molecule has 0 radical (unpaired) electrons. The Labute approximate surface area is 324 Å². The van der Waals surface area contributed by atoms with E-state index in [2.05, 4.69) is 88.5 Å². The highest BCUT2D eigenvalue weighted by atomic mass is 16.6. The van der Waals surface area contributed by atoms with Crippen LogP contribution >= 0.6 is 0 Å². The number of hydrogen-bond acceptors (Lipinski definition) is 5. The molecule has 294 valence electrons.